The first-order chi connectivity index (χ1) is 53.0. The number of nitrogens with one attached hydrogen (secondary N) is 3. The number of amides is 4. The number of imide groups is 2. The van der Waals surface area contributed by atoms with Crippen LogP contribution < -0.4 is 16.0 Å². The Morgan fingerprint density at radius 1 is 0.224 bits per heavy atom. The Kier molecular flexibility index (Phi) is 78.2. The average Bonchev–Trinajstić information content (AvgIpc) is 1.71. The summed E-state index contributed by atoms with van der Waals surface area (Å²) in [6, 6.07) is 0. The molecule has 0 aromatic carbocycles. The van der Waals surface area contributed by atoms with Crippen molar-refractivity contribution in [2.45, 2.75) is 515 Å². The lowest BCUT2D eigenvalue weighted by Gasteiger charge is -2.15. The van der Waals surface area contributed by atoms with Gasteiger partial charge in [-0.3, -0.25) is 29.0 Å². The number of hydrogen-bond donors (Lipinski definition) is 3. The van der Waals surface area contributed by atoms with Gasteiger partial charge >= 0.3 is 0 Å². The molecular formula is C98H187N5O4. The smallest absolute Gasteiger partial charge is 0.236 e. The minimum absolute atomic E-state index is 0.0546. The van der Waals surface area contributed by atoms with Crippen molar-refractivity contribution in [1.29, 1.82) is 0 Å². The van der Waals surface area contributed by atoms with Gasteiger partial charge in [-0.2, -0.15) is 0 Å². The Morgan fingerprint density at radius 2 is 0.374 bits per heavy atom. The number of rotatable bonds is 90. The van der Waals surface area contributed by atoms with E-state index < -0.39 is 0 Å². The van der Waals surface area contributed by atoms with Crippen molar-refractivity contribution in [1.82, 2.24) is 25.8 Å². The summed E-state index contributed by atoms with van der Waals surface area (Å²) in [6.07, 6.45) is 117. The first kappa shape index (κ1) is 101. The van der Waals surface area contributed by atoms with Gasteiger partial charge in [-0.05, 0) is 25.7 Å². The molecule has 2 unspecified atom stereocenters. The number of allylic oxidation sites excluding steroid dienone is 2. The highest BCUT2D eigenvalue weighted by Gasteiger charge is 2.37. The zero-order chi connectivity index (χ0) is 76.4. The van der Waals surface area contributed by atoms with Gasteiger partial charge in [0.15, 0.2) is 0 Å². The van der Waals surface area contributed by atoms with Crippen LogP contribution in [0.3, 0.4) is 0 Å². The summed E-state index contributed by atoms with van der Waals surface area (Å²) in [7, 11) is 0. The maximum Gasteiger partial charge on any atom is 0.236 e. The van der Waals surface area contributed by atoms with Crippen molar-refractivity contribution in [2.75, 3.05) is 52.4 Å². The summed E-state index contributed by atoms with van der Waals surface area (Å²) in [5.41, 5.74) is 0. The van der Waals surface area contributed by atoms with Gasteiger partial charge in [0.25, 0.3) is 0 Å². The zero-order valence-corrected chi connectivity index (χ0v) is 72.3. The lowest BCUT2D eigenvalue weighted by Crippen LogP contribution is -2.40. The van der Waals surface area contributed by atoms with Gasteiger partial charge in [0.05, 0.1) is 11.8 Å². The van der Waals surface area contributed by atoms with Crippen molar-refractivity contribution in [3.05, 3.63) is 24.3 Å². The number of nitrogens with zero attached hydrogens (tertiary/aromatic N) is 2. The van der Waals surface area contributed by atoms with Gasteiger partial charge in [-0.25, -0.2) is 0 Å². The lowest BCUT2D eigenvalue weighted by atomic mass is 10.0. The first-order valence-corrected chi connectivity index (χ1v) is 49.1. The van der Waals surface area contributed by atoms with Crippen molar-refractivity contribution in [3.8, 4) is 0 Å². The fraction of sp³-hybridized carbons (Fsp3) is 0.918. The van der Waals surface area contributed by atoms with Gasteiger partial charge < -0.3 is 16.0 Å². The SMILES string of the molecule is CCCCCCCCCCCCCCCCCCCCCCCCCCCCCCCCCCCCCCC=CC1CC(=O)N(CCNCCNCCNCCN2C(=O)CC(C=CCCCCCCCCCCCCCCCCCCCCCCCCCCCCCCCCCCCCCCCC)C2=O)C1=O. The van der Waals surface area contributed by atoms with Gasteiger partial charge in [-0.1, -0.05) is 500 Å². The predicted octanol–water partition coefficient (Wildman–Crippen LogP) is 29.3. The molecule has 2 rings (SSSR count). The molecule has 9 heteroatoms. The van der Waals surface area contributed by atoms with Crippen molar-refractivity contribution in [3.63, 3.8) is 0 Å². The first-order valence-electron chi connectivity index (χ1n) is 49.1. The minimum atomic E-state index is -0.309. The normalized spacial score (nSPS) is 15.0. The van der Waals surface area contributed by atoms with E-state index in [9.17, 15) is 19.2 Å². The predicted molar refractivity (Wildman–Crippen MR) is 469 cm³/mol. The van der Waals surface area contributed by atoms with Crippen LogP contribution in [0.15, 0.2) is 24.3 Å². The molecule has 0 saturated carbocycles. The molecule has 0 aromatic rings. The van der Waals surface area contributed by atoms with E-state index >= 15 is 0 Å². The summed E-state index contributed by atoms with van der Waals surface area (Å²) in [5, 5.41) is 10.1. The molecule has 2 aliphatic rings. The van der Waals surface area contributed by atoms with E-state index in [1.807, 2.05) is 12.2 Å². The second-order valence-corrected chi connectivity index (χ2v) is 34.5. The molecule has 2 aliphatic heterocycles. The molecular weight excluding hydrogens is 1310 g/mol. The van der Waals surface area contributed by atoms with E-state index in [0.29, 0.717) is 39.0 Å². The van der Waals surface area contributed by atoms with Crippen molar-refractivity contribution in [2.24, 2.45) is 11.8 Å². The third-order valence-electron chi connectivity index (χ3n) is 24.2. The van der Waals surface area contributed by atoms with Crippen LogP contribution in [0.2, 0.25) is 0 Å². The fourth-order valence-corrected chi connectivity index (χ4v) is 16.9. The Labute approximate surface area is 668 Å². The van der Waals surface area contributed by atoms with Gasteiger partial charge in [-0.15, -0.1) is 0 Å². The molecule has 107 heavy (non-hydrogen) atoms. The summed E-state index contributed by atoms with van der Waals surface area (Å²) >= 11 is 0. The third-order valence-corrected chi connectivity index (χ3v) is 24.2. The largest absolute Gasteiger partial charge is 0.314 e. The molecule has 0 aliphatic carbocycles. The summed E-state index contributed by atoms with van der Waals surface area (Å²) in [6.45, 7) is 9.63. The van der Waals surface area contributed by atoms with Gasteiger partial charge in [0, 0.05) is 65.2 Å². The molecule has 4 amide bonds. The molecule has 628 valence electrons. The number of likely N-dealkylation sites (tertiary alicyclic amines) is 2. The van der Waals surface area contributed by atoms with E-state index in [2.05, 4.69) is 41.9 Å². The molecule has 2 saturated heterocycles. The number of carbonyl (C=O) groups is 4. The van der Waals surface area contributed by atoms with Crippen LogP contribution in [0.5, 0.6) is 0 Å². The zero-order valence-electron chi connectivity index (χ0n) is 72.3. The van der Waals surface area contributed by atoms with Gasteiger partial charge in [0.2, 0.25) is 23.6 Å². The Balaban J connectivity index is 1.23. The number of hydrogen-bond acceptors (Lipinski definition) is 7. The molecule has 0 radical (unpaired) electrons. The van der Waals surface area contributed by atoms with E-state index in [4.69, 9.17) is 0 Å². The van der Waals surface area contributed by atoms with Crippen LogP contribution in [0.1, 0.15) is 515 Å². The molecule has 2 atom stereocenters. The van der Waals surface area contributed by atoms with Crippen LogP contribution in [0.25, 0.3) is 0 Å². The molecule has 0 bridgehead atoms. The van der Waals surface area contributed by atoms with E-state index in [1.165, 1.54) is 472 Å². The monoisotopic (exact) mass is 1500 g/mol. The third kappa shape index (κ3) is 67.8. The maximum absolute atomic E-state index is 13.0. The maximum atomic E-state index is 13.0. The summed E-state index contributed by atoms with van der Waals surface area (Å²) in [5.74, 6) is -0.848. The van der Waals surface area contributed by atoms with Crippen LogP contribution in [0, 0.1) is 11.8 Å². The lowest BCUT2D eigenvalue weighted by molar-refractivity contribution is -0.140. The van der Waals surface area contributed by atoms with Crippen LogP contribution in [-0.2, 0) is 19.2 Å². The highest BCUT2D eigenvalue weighted by atomic mass is 16.2. The summed E-state index contributed by atoms with van der Waals surface area (Å²) in [4.78, 5) is 54.4. The fourth-order valence-electron chi connectivity index (χ4n) is 16.9. The topological polar surface area (TPSA) is 111 Å². The second kappa shape index (κ2) is 83.1. The van der Waals surface area contributed by atoms with Gasteiger partial charge in [0.1, 0.15) is 0 Å². The molecule has 0 spiro atoms. The highest BCUT2D eigenvalue weighted by Crippen LogP contribution is 2.25. The van der Waals surface area contributed by atoms with Crippen molar-refractivity contribution >= 4 is 23.6 Å². The van der Waals surface area contributed by atoms with Crippen LogP contribution >= 0.6 is 0 Å². The van der Waals surface area contributed by atoms with Crippen LogP contribution in [-0.4, -0.2) is 85.8 Å². The Bertz CT molecular complexity index is 1940. The highest BCUT2D eigenvalue weighted by molar-refractivity contribution is 6.05. The van der Waals surface area contributed by atoms with Crippen LogP contribution in [0.4, 0.5) is 0 Å². The number of carbonyl (C=O) groups excluding carboxylic acids is 4. The standard InChI is InChI=1S/C98H187N5O4/c1-3-5-7-9-11-13-15-17-19-21-23-25-27-29-31-33-35-37-39-41-43-44-46-48-50-52-54-56-58-60-62-64-66-68-70-72-74-76-78-80-82-94-92-96(105)103(98(94)107)90-88-101-86-84-99-83-85-100-87-89-102-95(104)91-93(97(102)106)81-79-77-75-73-71-69-67-65-63-61-59-57-55-53-51-49-47-45-42-40-38-36-34-32-30-28-26-24-22-20-18-16-14-12-10-8-6-4-2/h79-82,93-94,99-101H,3-78,83-92H2,1-2H3. The number of unbranched alkanes of at least 4 members (excludes halogenated alkanes) is 74. The van der Waals surface area contributed by atoms with Crippen molar-refractivity contribution < 1.29 is 19.2 Å². The van der Waals surface area contributed by atoms with E-state index in [0.717, 1.165) is 51.9 Å². The van der Waals surface area contributed by atoms with E-state index in [-0.39, 0.29) is 35.5 Å². The molecule has 3 N–H and O–H groups in total. The average molecular weight is 1500 g/mol. The minimum Gasteiger partial charge on any atom is -0.314 e. The Hall–Kier alpha value is -2.36. The quantitative estimate of drug-likeness (QED) is 0.0316. The second-order valence-electron chi connectivity index (χ2n) is 34.5. The Morgan fingerprint density at radius 3 is 0.542 bits per heavy atom. The molecule has 2 fully saturated rings. The summed E-state index contributed by atoms with van der Waals surface area (Å²) < 4.78 is 0. The molecule has 2 heterocycles. The molecule has 0 aromatic heterocycles. The molecule has 9 nitrogen and oxygen atoms in total. The van der Waals surface area contributed by atoms with E-state index in [1.54, 1.807) is 0 Å².